The normalized spacial score (nSPS) is 17.3. The lowest BCUT2D eigenvalue weighted by molar-refractivity contribution is -0.437. The van der Waals surface area contributed by atoms with Crippen LogP contribution in [0.15, 0.2) is 81.8 Å². The van der Waals surface area contributed by atoms with Crippen molar-refractivity contribution < 1.29 is 83.8 Å². The van der Waals surface area contributed by atoms with Gasteiger partial charge in [0.25, 0.3) is 50.6 Å². The Labute approximate surface area is 404 Å². The number of carbonyl (C=O) groups is 2. The summed E-state index contributed by atoms with van der Waals surface area (Å²) < 4.78 is 173. The Bertz CT molecular complexity index is 2990. The van der Waals surface area contributed by atoms with E-state index in [9.17, 15) is 74.4 Å². The van der Waals surface area contributed by atoms with Crippen LogP contribution in [-0.2, 0) is 75.7 Å². The molecule has 0 bridgehead atoms. The van der Waals surface area contributed by atoms with Crippen molar-refractivity contribution >= 4 is 79.6 Å². The van der Waals surface area contributed by atoms with Gasteiger partial charge in [-0.05, 0) is 94.3 Å². The van der Waals surface area contributed by atoms with E-state index < -0.39 is 96.5 Å². The number of nitrogens with one attached hydrogen (secondary N) is 1. The number of anilines is 1. The van der Waals surface area contributed by atoms with E-state index in [-0.39, 0.29) is 81.0 Å². The van der Waals surface area contributed by atoms with Crippen molar-refractivity contribution in [3.05, 3.63) is 83.1 Å². The van der Waals surface area contributed by atoms with Crippen LogP contribution in [0.4, 0.5) is 11.4 Å². The van der Waals surface area contributed by atoms with Gasteiger partial charge in [-0.3, -0.25) is 32.4 Å². The number of esters is 1. The molecule has 0 saturated carbocycles. The third-order valence-electron chi connectivity index (χ3n) is 11.8. The van der Waals surface area contributed by atoms with E-state index in [4.69, 9.17) is 4.74 Å². The number of amides is 1. The van der Waals surface area contributed by atoms with Crippen LogP contribution in [0.25, 0.3) is 0 Å². The third-order valence-corrected chi connectivity index (χ3v) is 15.8. The molecule has 26 heteroatoms. The van der Waals surface area contributed by atoms with Crippen molar-refractivity contribution in [3.63, 3.8) is 0 Å². The standard InChI is InChI=1S/C43H59N3O18S5/c1-6-64-41(48)20-12-31(10-18-39-43(4,5)35-29-33(69(61,62)63)14-16-37(35)46(39)23-8-25-66(52,53)54)27-30(11-19-40(47)44-21-26-67(55,56)57)9-17-38-42(2,3)34-28-32(68(58,59)60)13-15-36(34)45(38)22-7-24-65(49,50)51/h9-10,13-18,28-30H,6-8,11-12,19-27H2,1-5H3,(H5-,44,47,49,50,51,52,53,54,55,56,57,58,59,60,61,62,63)/p+1/b17-9+,31-10+,39-18+. The van der Waals surface area contributed by atoms with Crippen molar-refractivity contribution in [2.75, 3.05) is 48.4 Å². The molecule has 4 rings (SSSR count). The SMILES string of the molecule is CCOC(=O)CC/C(=C\C=C1\N(CCCS(=O)(=O)O)c2ccc(S(=O)(=O)O)cc2C1(C)C)CC(/C=C/C1=[N+](CCCS(=O)(=O)O)c2ccc(S(=O)(=O)O)cc2C1(C)C)CCC(=O)NCCS(=O)(=O)O. The van der Waals surface area contributed by atoms with Gasteiger partial charge >= 0.3 is 5.97 Å². The highest BCUT2D eigenvalue weighted by Gasteiger charge is 2.45. The van der Waals surface area contributed by atoms with Crippen molar-refractivity contribution in [2.24, 2.45) is 5.92 Å². The van der Waals surface area contributed by atoms with E-state index in [0.29, 0.717) is 39.5 Å². The molecule has 21 nitrogen and oxygen atoms in total. The van der Waals surface area contributed by atoms with Crippen LogP contribution in [-0.4, -0.2) is 131 Å². The molecule has 1 unspecified atom stereocenters. The van der Waals surface area contributed by atoms with E-state index in [0.717, 1.165) is 0 Å². The van der Waals surface area contributed by atoms with Gasteiger partial charge in [0.2, 0.25) is 11.6 Å². The summed E-state index contributed by atoms with van der Waals surface area (Å²) in [5.74, 6) is -3.57. The van der Waals surface area contributed by atoms with Crippen LogP contribution in [0.3, 0.4) is 0 Å². The number of ether oxygens (including phenoxy) is 1. The number of hydrogen-bond donors (Lipinski definition) is 6. The van der Waals surface area contributed by atoms with Gasteiger partial charge in [0, 0.05) is 66.9 Å². The molecule has 0 spiro atoms. The lowest BCUT2D eigenvalue weighted by atomic mass is 9.80. The Hall–Kier alpha value is -4.38. The Morgan fingerprint density at radius 3 is 1.91 bits per heavy atom. The lowest BCUT2D eigenvalue weighted by Crippen LogP contribution is -2.29. The van der Waals surface area contributed by atoms with Crippen LogP contribution in [0, 0.1) is 5.92 Å². The smallest absolute Gasteiger partial charge is 0.306 e. The van der Waals surface area contributed by atoms with Crippen molar-refractivity contribution in [1.29, 1.82) is 0 Å². The minimum absolute atomic E-state index is 0.0326. The van der Waals surface area contributed by atoms with Crippen molar-refractivity contribution in [1.82, 2.24) is 5.32 Å². The molecule has 2 aliphatic rings. The van der Waals surface area contributed by atoms with E-state index in [1.54, 1.807) is 68.4 Å². The maximum absolute atomic E-state index is 13.1. The predicted molar refractivity (Wildman–Crippen MR) is 256 cm³/mol. The van der Waals surface area contributed by atoms with Crippen molar-refractivity contribution in [2.45, 2.75) is 100 Å². The van der Waals surface area contributed by atoms with E-state index >= 15 is 0 Å². The quantitative estimate of drug-likeness (QED) is 0.0455. The first kappa shape index (κ1) is 57.2. The van der Waals surface area contributed by atoms with Gasteiger partial charge in [-0.25, -0.2) is 0 Å². The molecule has 0 aliphatic carbocycles. The average Bonchev–Trinajstić information content (AvgIpc) is 3.54. The van der Waals surface area contributed by atoms with Gasteiger partial charge in [0.1, 0.15) is 6.54 Å². The van der Waals surface area contributed by atoms with Crippen LogP contribution < -0.4 is 10.2 Å². The molecule has 2 aliphatic heterocycles. The summed E-state index contributed by atoms with van der Waals surface area (Å²) >= 11 is 0. The maximum Gasteiger partial charge on any atom is 0.306 e. The number of hydrogen-bond acceptors (Lipinski definition) is 14. The number of carbonyl (C=O) groups excluding carboxylic acids is 2. The Balaban J connectivity index is 1.88. The zero-order valence-electron chi connectivity index (χ0n) is 38.7. The summed E-state index contributed by atoms with van der Waals surface area (Å²) in [5.41, 5.74) is 1.66. The van der Waals surface area contributed by atoms with Crippen LogP contribution in [0.2, 0.25) is 0 Å². The minimum Gasteiger partial charge on any atom is -0.466 e. The molecule has 384 valence electrons. The molecule has 0 saturated heterocycles. The lowest BCUT2D eigenvalue weighted by Gasteiger charge is -2.27. The van der Waals surface area contributed by atoms with Crippen LogP contribution in [0.5, 0.6) is 0 Å². The number of rotatable bonds is 25. The first-order valence-electron chi connectivity index (χ1n) is 21.7. The zero-order valence-corrected chi connectivity index (χ0v) is 42.8. The molecule has 0 aromatic heterocycles. The average molecular weight is 1070 g/mol. The summed E-state index contributed by atoms with van der Waals surface area (Å²) in [6.45, 7) is 8.55. The molecule has 0 radical (unpaired) electrons. The highest BCUT2D eigenvalue weighted by atomic mass is 32.2. The van der Waals surface area contributed by atoms with Gasteiger partial charge < -0.3 is 15.0 Å². The van der Waals surface area contributed by atoms with Crippen LogP contribution in [0.1, 0.15) is 90.7 Å². The third kappa shape index (κ3) is 16.3. The van der Waals surface area contributed by atoms with Gasteiger partial charge in [-0.2, -0.15) is 46.7 Å². The first-order chi connectivity index (χ1) is 31.6. The first-order valence-corrected chi connectivity index (χ1v) is 29.4. The van der Waals surface area contributed by atoms with E-state index in [1.165, 1.54) is 36.4 Å². The molecule has 2 heterocycles. The summed E-state index contributed by atoms with van der Waals surface area (Å²) in [4.78, 5) is 26.9. The van der Waals surface area contributed by atoms with Crippen LogP contribution >= 0.6 is 0 Å². The van der Waals surface area contributed by atoms with Gasteiger partial charge in [0.15, 0.2) is 5.71 Å². The minimum atomic E-state index is -4.65. The number of allylic oxidation sites excluding steroid dienone is 6. The molecule has 2 aromatic carbocycles. The molecular weight excluding hydrogens is 1010 g/mol. The number of benzene rings is 2. The topological polar surface area (TPSA) is 333 Å². The summed E-state index contributed by atoms with van der Waals surface area (Å²) in [7, 11) is -22.4. The molecule has 1 atom stereocenters. The predicted octanol–water partition coefficient (Wildman–Crippen LogP) is 4.41. The molecule has 2 aromatic rings. The second-order valence-electron chi connectivity index (χ2n) is 17.7. The van der Waals surface area contributed by atoms with Gasteiger partial charge in [-0.15, -0.1) is 0 Å². The molecule has 6 N–H and O–H groups in total. The number of fused-ring (bicyclic) bond motifs is 2. The van der Waals surface area contributed by atoms with E-state index in [2.05, 4.69) is 5.32 Å². The Morgan fingerprint density at radius 2 is 1.33 bits per heavy atom. The fourth-order valence-corrected chi connectivity index (χ4v) is 10.8. The van der Waals surface area contributed by atoms with Gasteiger partial charge in [-0.1, -0.05) is 31.6 Å². The highest BCUT2D eigenvalue weighted by Crippen LogP contribution is 2.49. The monoisotopic (exact) mass is 1070 g/mol. The molecular formula is C43H60N3O18S5+. The van der Waals surface area contributed by atoms with Crippen molar-refractivity contribution in [3.8, 4) is 0 Å². The second kappa shape index (κ2) is 22.4. The second-order valence-corrected chi connectivity index (χ2v) is 25.3. The largest absolute Gasteiger partial charge is 0.466 e. The number of nitrogens with zero attached hydrogens (tertiary/aromatic N) is 2. The summed E-state index contributed by atoms with van der Waals surface area (Å²) in [6.07, 6.45) is 6.96. The fraction of sp³-hybridized carbons (Fsp3) is 0.512. The maximum atomic E-state index is 13.1. The van der Waals surface area contributed by atoms with Gasteiger partial charge in [0.05, 0.1) is 39.1 Å². The Kier molecular flexibility index (Phi) is 18.5. The molecule has 1 amide bonds. The Morgan fingerprint density at radius 1 is 0.754 bits per heavy atom. The molecule has 69 heavy (non-hydrogen) atoms. The fourth-order valence-electron chi connectivity index (χ4n) is 8.42. The van der Waals surface area contributed by atoms with E-state index in [1.807, 2.05) is 0 Å². The zero-order chi connectivity index (χ0) is 52.0. The summed E-state index contributed by atoms with van der Waals surface area (Å²) in [6, 6.07) is 7.94. The highest BCUT2D eigenvalue weighted by molar-refractivity contribution is 7.86. The molecule has 0 fully saturated rings. The summed E-state index contributed by atoms with van der Waals surface area (Å²) in [5, 5.41) is 2.46.